The SMILES string of the molecule is OCCc1cnn(-c2ccnc(-c3n[nH]c4ccc(O[C@H]5CCOC5)cc34)n2)c1. The van der Waals surface area contributed by atoms with Gasteiger partial charge in [0, 0.05) is 36.9 Å². The third kappa shape index (κ3) is 3.57. The van der Waals surface area contributed by atoms with Crippen molar-refractivity contribution in [1.29, 1.82) is 0 Å². The molecule has 9 heteroatoms. The lowest BCUT2D eigenvalue weighted by atomic mass is 10.2. The average Bonchev–Trinajstić information content (AvgIpc) is 3.49. The Morgan fingerprint density at radius 1 is 1.31 bits per heavy atom. The van der Waals surface area contributed by atoms with Gasteiger partial charge >= 0.3 is 0 Å². The molecular weight excluding hydrogens is 372 g/mol. The molecule has 4 heterocycles. The van der Waals surface area contributed by atoms with Crippen LogP contribution in [0.25, 0.3) is 28.2 Å². The summed E-state index contributed by atoms with van der Waals surface area (Å²) < 4.78 is 13.1. The van der Waals surface area contributed by atoms with Crippen LogP contribution >= 0.6 is 0 Å². The Kier molecular flexibility index (Phi) is 4.66. The molecule has 148 valence electrons. The lowest BCUT2D eigenvalue weighted by Gasteiger charge is -2.11. The molecule has 9 nitrogen and oxygen atoms in total. The van der Waals surface area contributed by atoms with Gasteiger partial charge < -0.3 is 14.6 Å². The van der Waals surface area contributed by atoms with Crippen molar-refractivity contribution < 1.29 is 14.6 Å². The molecule has 0 spiro atoms. The highest BCUT2D eigenvalue weighted by Gasteiger charge is 2.18. The van der Waals surface area contributed by atoms with Gasteiger partial charge in [0.25, 0.3) is 0 Å². The van der Waals surface area contributed by atoms with E-state index in [9.17, 15) is 0 Å². The number of ether oxygens (including phenoxy) is 2. The van der Waals surface area contributed by atoms with E-state index in [1.54, 1.807) is 23.1 Å². The third-order valence-corrected chi connectivity index (χ3v) is 4.85. The van der Waals surface area contributed by atoms with Gasteiger partial charge in [0.1, 0.15) is 17.5 Å². The van der Waals surface area contributed by atoms with Crippen molar-refractivity contribution in [3.05, 3.63) is 48.4 Å². The summed E-state index contributed by atoms with van der Waals surface area (Å²) in [6, 6.07) is 7.60. The molecule has 0 aliphatic carbocycles. The van der Waals surface area contributed by atoms with Gasteiger partial charge in [-0.1, -0.05) is 0 Å². The molecule has 0 amide bonds. The number of H-pyrrole nitrogens is 1. The number of aromatic amines is 1. The number of nitrogens with zero attached hydrogens (tertiary/aromatic N) is 5. The highest BCUT2D eigenvalue weighted by atomic mass is 16.5. The highest BCUT2D eigenvalue weighted by molar-refractivity contribution is 5.92. The van der Waals surface area contributed by atoms with Crippen molar-refractivity contribution in [2.24, 2.45) is 0 Å². The van der Waals surface area contributed by atoms with Crippen molar-refractivity contribution in [3.63, 3.8) is 0 Å². The number of nitrogens with one attached hydrogen (secondary N) is 1. The van der Waals surface area contributed by atoms with Crippen LogP contribution < -0.4 is 4.74 Å². The molecule has 1 aliphatic rings. The van der Waals surface area contributed by atoms with Gasteiger partial charge in [0.15, 0.2) is 11.6 Å². The van der Waals surface area contributed by atoms with Crippen LogP contribution in [0.3, 0.4) is 0 Å². The van der Waals surface area contributed by atoms with Crippen molar-refractivity contribution >= 4 is 10.9 Å². The van der Waals surface area contributed by atoms with Crippen LogP contribution in [-0.4, -0.2) is 61.0 Å². The van der Waals surface area contributed by atoms with E-state index in [0.717, 1.165) is 35.2 Å². The first kappa shape index (κ1) is 17.8. The summed E-state index contributed by atoms with van der Waals surface area (Å²) in [5.74, 6) is 1.90. The molecule has 29 heavy (non-hydrogen) atoms. The van der Waals surface area contributed by atoms with Gasteiger partial charge in [-0.2, -0.15) is 10.2 Å². The van der Waals surface area contributed by atoms with E-state index in [4.69, 9.17) is 14.6 Å². The summed E-state index contributed by atoms with van der Waals surface area (Å²) in [5.41, 5.74) is 2.47. The molecule has 1 aromatic carbocycles. The first-order chi connectivity index (χ1) is 14.3. The Bertz CT molecular complexity index is 1130. The second-order valence-corrected chi connectivity index (χ2v) is 6.89. The summed E-state index contributed by atoms with van der Waals surface area (Å²) in [5, 5.41) is 21.7. The minimum absolute atomic E-state index is 0.0790. The lowest BCUT2D eigenvalue weighted by molar-refractivity contribution is 0.141. The fourth-order valence-corrected chi connectivity index (χ4v) is 3.37. The summed E-state index contributed by atoms with van der Waals surface area (Å²) in [6.45, 7) is 1.43. The molecule has 0 saturated carbocycles. The smallest absolute Gasteiger partial charge is 0.182 e. The van der Waals surface area contributed by atoms with Gasteiger partial charge in [-0.05, 0) is 30.2 Å². The number of fused-ring (bicyclic) bond motifs is 1. The van der Waals surface area contributed by atoms with Crippen LogP contribution in [0.2, 0.25) is 0 Å². The van der Waals surface area contributed by atoms with Crippen molar-refractivity contribution in [2.75, 3.05) is 19.8 Å². The predicted molar refractivity (Wildman–Crippen MR) is 105 cm³/mol. The molecule has 1 aliphatic heterocycles. The second-order valence-electron chi connectivity index (χ2n) is 6.89. The van der Waals surface area contributed by atoms with Crippen molar-refractivity contribution in [2.45, 2.75) is 18.9 Å². The number of aromatic nitrogens is 6. The van der Waals surface area contributed by atoms with Gasteiger partial charge in [-0.25, -0.2) is 14.6 Å². The summed E-state index contributed by atoms with van der Waals surface area (Å²) in [7, 11) is 0. The molecule has 4 aromatic rings. The Morgan fingerprint density at radius 2 is 2.28 bits per heavy atom. The van der Waals surface area contributed by atoms with Crippen LogP contribution in [0.15, 0.2) is 42.9 Å². The number of aliphatic hydroxyl groups excluding tert-OH is 1. The van der Waals surface area contributed by atoms with E-state index < -0.39 is 0 Å². The molecular formula is C20H20N6O3. The molecule has 3 aromatic heterocycles. The lowest BCUT2D eigenvalue weighted by Crippen LogP contribution is -2.15. The van der Waals surface area contributed by atoms with E-state index in [1.165, 1.54) is 0 Å². The predicted octanol–water partition coefficient (Wildman–Crippen LogP) is 1.91. The molecule has 0 unspecified atom stereocenters. The molecule has 0 radical (unpaired) electrons. The van der Waals surface area contributed by atoms with Crippen LogP contribution in [0.5, 0.6) is 5.75 Å². The Balaban J connectivity index is 1.48. The average molecular weight is 392 g/mol. The number of rotatable bonds is 6. The van der Waals surface area contributed by atoms with Crippen molar-refractivity contribution in [3.8, 4) is 23.1 Å². The monoisotopic (exact) mass is 392 g/mol. The Labute approximate surface area is 166 Å². The standard InChI is InChI=1S/C20H20N6O3/c27-7-4-13-10-22-26(11-13)18-3-6-21-20(23-18)19-16-9-14(1-2-17(16)24-25-19)29-15-5-8-28-12-15/h1-3,6,9-11,15,27H,4-5,7-8,12H2,(H,24,25)/t15-/m0/s1. The molecule has 1 fully saturated rings. The van der Waals surface area contributed by atoms with Crippen molar-refractivity contribution in [1.82, 2.24) is 29.9 Å². The minimum atomic E-state index is 0.0790. The zero-order valence-corrected chi connectivity index (χ0v) is 15.7. The van der Waals surface area contributed by atoms with Crippen LogP contribution in [0.1, 0.15) is 12.0 Å². The quantitative estimate of drug-likeness (QED) is 0.516. The number of hydrogen-bond donors (Lipinski definition) is 2. The fourth-order valence-electron chi connectivity index (χ4n) is 3.37. The van der Waals surface area contributed by atoms with E-state index in [-0.39, 0.29) is 12.7 Å². The maximum absolute atomic E-state index is 9.09. The zero-order chi connectivity index (χ0) is 19.6. The third-order valence-electron chi connectivity index (χ3n) is 4.85. The number of hydrogen-bond acceptors (Lipinski definition) is 7. The van der Waals surface area contributed by atoms with E-state index in [2.05, 4.69) is 25.3 Å². The molecule has 0 bridgehead atoms. The first-order valence-corrected chi connectivity index (χ1v) is 9.51. The van der Waals surface area contributed by atoms with Crippen LogP contribution in [0.4, 0.5) is 0 Å². The number of benzene rings is 1. The fraction of sp³-hybridized carbons (Fsp3) is 0.300. The second kappa shape index (κ2) is 7.61. The van der Waals surface area contributed by atoms with Gasteiger partial charge in [0.05, 0.1) is 24.9 Å². The maximum atomic E-state index is 9.09. The van der Waals surface area contributed by atoms with E-state index >= 15 is 0 Å². The topological polar surface area (TPSA) is 111 Å². The Morgan fingerprint density at radius 3 is 3.14 bits per heavy atom. The molecule has 5 rings (SSSR count). The Hall–Kier alpha value is -3.30. The van der Waals surface area contributed by atoms with E-state index in [1.807, 2.05) is 24.4 Å². The number of aliphatic hydroxyl groups is 1. The van der Waals surface area contributed by atoms with Gasteiger partial charge in [-0.15, -0.1) is 0 Å². The molecule has 1 saturated heterocycles. The zero-order valence-electron chi connectivity index (χ0n) is 15.7. The largest absolute Gasteiger partial charge is 0.488 e. The van der Waals surface area contributed by atoms with Crippen LogP contribution in [-0.2, 0) is 11.2 Å². The molecule has 2 N–H and O–H groups in total. The maximum Gasteiger partial charge on any atom is 0.182 e. The summed E-state index contributed by atoms with van der Waals surface area (Å²) in [4.78, 5) is 9.02. The van der Waals surface area contributed by atoms with Gasteiger partial charge in [0.2, 0.25) is 0 Å². The van der Waals surface area contributed by atoms with Crippen LogP contribution in [0, 0.1) is 0 Å². The first-order valence-electron chi connectivity index (χ1n) is 9.51. The summed E-state index contributed by atoms with van der Waals surface area (Å²) >= 11 is 0. The normalized spacial score (nSPS) is 16.5. The minimum Gasteiger partial charge on any atom is -0.488 e. The molecule has 1 atom stereocenters. The van der Waals surface area contributed by atoms with E-state index in [0.29, 0.717) is 30.4 Å². The highest BCUT2D eigenvalue weighted by Crippen LogP contribution is 2.28. The van der Waals surface area contributed by atoms with Gasteiger partial charge in [-0.3, -0.25) is 5.10 Å². The summed E-state index contributed by atoms with van der Waals surface area (Å²) in [6.07, 6.45) is 6.77.